The van der Waals surface area contributed by atoms with Crippen molar-refractivity contribution >= 4 is 0 Å². The molecule has 0 radical (unpaired) electrons. The molecule has 0 aliphatic rings. The van der Waals surface area contributed by atoms with E-state index in [9.17, 15) is 0 Å². The highest BCUT2D eigenvalue weighted by Gasteiger charge is 2.06. The lowest BCUT2D eigenvalue weighted by Gasteiger charge is -2.14. The number of hydrogen-bond donors (Lipinski definition) is 1. The maximum Gasteiger partial charge on any atom is 0.219 e. The van der Waals surface area contributed by atoms with E-state index in [1.54, 1.807) is 6.20 Å². The van der Waals surface area contributed by atoms with Crippen molar-refractivity contribution in [2.75, 3.05) is 6.54 Å². The molecule has 1 aromatic carbocycles. The van der Waals surface area contributed by atoms with Crippen LogP contribution < -0.4 is 10.1 Å². The van der Waals surface area contributed by atoms with Crippen LogP contribution in [0.4, 0.5) is 0 Å². The average Bonchev–Trinajstić information content (AvgIpc) is 2.45. The lowest BCUT2D eigenvalue weighted by Crippen LogP contribution is -2.19. The summed E-state index contributed by atoms with van der Waals surface area (Å²) in [6.45, 7) is 7.38. The molecule has 3 nitrogen and oxygen atoms in total. The van der Waals surface area contributed by atoms with Crippen molar-refractivity contribution in [1.29, 1.82) is 0 Å². The lowest BCUT2D eigenvalue weighted by molar-refractivity contribution is 0.459. The van der Waals surface area contributed by atoms with Gasteiger partial charge >= 0.3 is 0 Å². The zero-order chi connectivity index (χ0) is 14.4. The number of hydrogen-bond acceptors (Lipinski definition) is 3. The molecule has 0 aliphatic heterocycles. The fraction of sp³-hybridized carbons (Fsp3) is 0.353. The molecule has 1 unspecified atom stereocenters. The summed E-state index contributed by atoms with van der Waals surface area (Å²) < 4.78 is 5.82. The number of nitrogens with zero attached hydrogens (tertiary/aromatic N) is 1. The maximum atomic E-state index is 5.82. The SMILES string of the molecule is CCCNC(C)c1ccnc(Oc2cccc(C)c2)c1. The summed E-state index contributed by atoms with van der Waals surface area (Å²) in [5.41, 5.74) is 2.37. The number of ether oxygens (including phenoxy) is 1. The molecule has 0 saturated carbocycles. The van der Waals surface area contributed by atoms with Crippen LogP contribution in [0.1, 0.15) is 37.4 Å². The van der Waals surface area contributed by atoms with Crippen LogP contribution in [-0.2, 0) is 0 Å². The Morgan fingerprint density at radius 2 is 2.10 bits per heavy atom. The van der Waals surface area contributed by atoms with Crippen LogP contribution in [-0.4, -0.2) is 11.5 Å². The van der Waals surface area contributed by atoms with Gasteiger partial charge in [0.2, 0.25) is 5.88 Å². The first-order valence-corrected chi connectivity index (χ1v) is 7.13. The fourth-order valence-electron chi connectivity index (χ4n) is 2.03. The molecule has 1 atom stereocenters. The largest absolute Gasteiger partial charge is 0.439 e. The molecule has 0 amide bonds. The summed E-state index contributed by atoms with van der Waals surface area (Å²) in [7, 11) is 0. The van der Waals surface area contributed by atoms with Crippen molar-refractivity contribution in [3.8, 4) is 11.6 Å². The monoisotopic (exact) mass is 270 g/mol. The lowest BCUT2D eigenvalue weighted by atomic mass is 10.1. The third-order valence-corrected chi connectivity index (χ3v) is 3.17. The highest BCUT2D eigenvalue weighted by atomic mass is 16.5. The van der Waals surface area contributed by atoms with Crippen molar-refractivity contribution in [1.82, 2.24) is 10.3 Å². The van der Waals surface area contributed by atoms with Crippen LogP contribution in [0.2, 0.25) is 0 Å². The highest BCUT2D eigenvalue weighted by molar-refractivity contribution is 5.32. The smallest absolute Gasteiger partial charge is 0.219 e. The molecule has 0 saturated heterocycles. The second kappa shape index (κ2) is 7.06. The van der Waals surface area contributed by atoms with Crippen molar-refractivity contribution in [3.05, 3.63) is 53.7 Å². The van der Waals surface area contributed by atoms with Crippen LogP contribution in [0, 0.1) is 6.92 Å². The summed E-state index contributed by atoms with van der Waals surface area (Å²) in [6, 6.07) is 12.3. The molecule has 0 bridgehead atoms. The molecule has 20 heavy (non-hydrogen) atoms. The molecule has 0 fully saturated rings. The zero-order valence-corrected chi connectivity index (χ0v) is 12.4. The third kappa shape index (κ3) is 4.07. The van der Waals surface area contributed by atoms with Crippen molar-refractivity contribution < 1.29 is 4.74 Å². The van der Waals surface area contributed by atoms with Crippen LogP contribution in [0.3, 0.4) is 0 Å². The van der Waals surface area contributed by atoms with E-state index in [1.165, 1.54) is 11.1 Å². The van der Waals surface area contributed by atoms with Gasteiger partial charge in [-0.25, -0.2) is 4.98 Å². The minimum Gasteiger partial charge on any atom is -0.439 e. The number of aryl methyl sites for hydroxylation is 1. The molecule has 3 heteroatoms. The van der Waals surface area contributed by atoms with Crippen LogP contribution >= 0.6 is 0 Å². The van der Waals surface area contributed by atoms with Crippen LogP contribution in [0.5, 0.6) is 11.6 Å². The number of benzene rings is 1. The van der Waals surface area contributed by atoms with Gasteiger partial charge in [-0.3, -0.25) is 0 Å². The first kappa shape index (κ1) is 14.5. The van der Waals surface area contributed by atoms with E-state index >= 15 is 0 Å². The van der Waals surface area contributed by atoms with Gasteiger partial charge in [0.25, 0.3) is 0 Å². The number of rotatable bonds is 6. The van der Waals surface area contributed by atoms with Gasteiger partial charge < -0.3 is 10.1 Å². The second-order valence-electron chi connectivity index (χ2n) is 5.02. The molecule has 1 N–H and O–H groups in total. The first-order valence-electron chi connectivity index (χ1n) is 7.13. The second-order valence-corrected chi connectivity index (χ2v) is 5.02. The average molecular weight is 270 g/mol. The van der Waals surface area contributed by atoms with E-state index in [0.717, 1.165) is 18.7 Å². The minimum absolute atomic E-state index is 0.304. The van der Waals surface area contributed by atoms with Gasteiger partial charge in [0.1, 0.15) is 5.75 Å². The normalized spacial score (nSPS) is 12.2. The van der Waals surface area contributed by atoms with E-state index in [4.69, 9.17) is 4.74 Å². The highest BCUT2D eigenvalue weighted by Crippen LogP contribution is 2.23. The van der Waals surface area contributed by atoms with E-state index in [2.05, 4.69) is 24.1 Å². The molecular formula is C17H22N2O. The van der Waals surface area contributed by atoms with Gasteiger partial charge in [-0.05, 0) is 56.1 Å². The zero-order valence-electron chi connectivity index (χ0n) is 12.4. The minimum atomic E-state index is 0.304. The van der Waals surface area contributed by atoms with E-state index in [0.29, 0.717) is 11.9 Å². The van der Waals surface area contributed by atoms with Gasteiger partial charge in [0, 0.05) is 18.3 Å². The Morgan fingerprint density at radius 1 is 1.25 bits per heavy atom. The Morgan fingerprint density at radius 3 is 2.85 bits per heavy atom. The van der Waals surface area contributed by atoms with E-state index in [1.807, 2.05) is 43.3 Å². The maximum absolute atomic E-state index is 5.82. The quantitative estimate of drug-likeness (QED) is 0.852. The van der Waals surface area contributed by atoms with Crippen LogP contribution in [0.25, 0.3) is 0 Å². The topological polar surface area (TPSA) is 34.2 Å². The van der Waals surface area contributed by atoms with Crippen molar-refractivity contribution in [2.45, 2.75) is 33.2 Å². The van der Waals surface area contributed by atoms with Crippen LogP contribution in [0.15, 0.2) is 42.6 Å². The van der Waals surface area contributed by atoms with Crippen molar-refractivity contribution in [2.24, 2.45) is 0 Å². The van der Waals surface area contributed by atoms with Gasteiger partial charge in [-0.15, -0.1) is 0 Å². The number of aromatic nitrogens is 1. The summed E-state index contributed by atoms with van der Waals surface area (Å²) in [5.74, 6) is 1.46. The Kier molecular flexibility index (Phi) is 5.13. The van der Waals surface area contributed by atoms with Gasteiger partial charge in [-0.1, -0.05) is 19.1 Å². The Balaban J connectivity index is 2.09. The summed E-state index contributed by atoms with van der Waals surface area (Å²) in [6.07, 6.45) is 2.92. The molecule has 1 heterocycles. The first-order chi connectivity index (χ1) is 9.69. The predicted octanol–water partition coefficient (Wildman–Crippen LogP) is 4.24. The van der Waals surface area contributed by atoms with Crippen molar-refractivity contribution in [3.63, 3.8) is 0 Å². The predicted molar refractivity (Wildman–Crippen MR) is 82.2 cm³/mol. The summed E-state index contributed by atoms with van der Waals surface area (Å²) in [4.78, 5) is 4.28. The standard InChI is InChI=1S/C17H22N2O/c1-4-9-18-14(3)15-8-10-19-17(12-15)20-16-7-5-6-13(2)11-16/h5-8,10-12,14,18H,4,9H2,1-3H3. The number of pyridine rings is 1. The van der Waals surface area contributed by atoms with E-state index < -0.39 is 0 Å². The van der Waals surface area contributed by atoms with E-state index in [-0.39, 0.29) is 0 Å². The molecule has 2 rings (SSSR count). The molecule has 1 aromatic heterocycles. The fourth-order valence-corrected chi connectivity index (χ4v) is 2.03. The molecule has 106 valence electrons. The Bertz CT molecular complexity index is 554. The van der Waals surface area contributed by atoms with Gasteiger partial charge in [0.15, 0.2) is 0 Å². The Labute approximate surface area is 121 Å². The molecule has 0 aliphatic carbocycles. The summed E-state index contributed by atoms with van der Waals surface area (Å²) >= 11 is 0. The molecule has 2 aromatic rings. The number of nitrogens with one attached hydrogen (secondary N) is 1. The summed E-state index contributed by atoms with van der Waals surface area (Å²) in [5, 5.41) is 3.47. The Hall–Kier alpha value is -1.87. The molecule has 0 spiro atoms. The van der Waals surface area contributed by atoms with Gasteiger partial charge in [-0.2, -0.15) is 0 Å². The van der Waals surface area contributed by atoms with Gasteiger partial charge in [0.05, 0.1) is 0 Å². The molecular weight excluding hydrogens is 248 g/mol. The third-order valence-electron chi connectivity index (χ3n) is 3.17.